The zero-order valence-corrected chi connectivity index (χ0v) is 12.4. The predicted octanol–water partition coefficient (Wildman–Crippen LogP) is 3.75. The maximum Gasteiger partial charge on any atom is 0.412 e. The zero-order chi connectivity index (χ0) is 15.1. The number of carbonyl (C=O) groups excluding carboxylic acids is 2. The maximum atomic E-state index is 11.9. The third-order valence-electron chi connectivity index (χ3n) is 2.62. The molecule has 0 bridgehead atoms. The maximum absolute atomic E-state index is 11.9. The minimum absolute atomic E-state index is 0.0715. The van der Waals surface area contributed by atoms with Crippen molar-refractivity contribution in [3.63, 3.8) is 0 Å². The lowest BCUT2D eigenvalue weighted by Gasteiger charge is -2.07. The lowest BCUT2D eigenvalue weighted by molar-refractivity contribution is 0.105. The lowest BCUT2D eigenvalue weighted by Crippen LogP contribution is -2.26. The molecule has 21 heavy (non-hydrogen) atoms. The van der Waals surface area contributed by atoms with Crippen molar-refractivity contribution >= 4 is 29.3 Å². The smallest absolute Gasteiger partial charge is 0.410 e. The van der Waals surface area contributed by atoms with Crippen molar-refractivity contribution in [2.75, 3.05) is 6.54 Å². The molecule has 1 amide bonds. The normalized spacial score (nSPS) is 10.5. The molecule has 108 valence electrons. The van der Waals surface area contributed by atoms with E-state index in [1.165, 1.54) is 17.4 Å². The Morgan fingerprint density at radius 3 is 2.76 bits per heavy atom. The van der Waals surface area contributed by atoms with Crippen LogP contribution in [0.15, 0.2) is 47.9 Å². The Balaban J connectivity index is 2.13. The van der Waals surface area contributed by atoms with Crippen LogP contribution < -0.4 is 10.1 Å². The molecule has 0 unspecified atom stereocenters. The highest BCUT2D eigenvalue weighted by Crippen LogP contribution is 2.20. The van der Waals surface area contributed by atoms with Gasteiger partial charge in [-0.2, -0.15) is 0 Å². The summed E-state index contributed by atoms with van der Waals surface area (Å²) in [5.74, 6) is 0.344. The number of para-hydroxylation sites is 1. The Morgan fingerprint density at radius 1 is 1.24 bits per heavy atom. The van der Waals surface area contributed by atoms with Gasteiger partial charge in [-0.05, 0) is 36.6 Å². The van der Waals surface area contributed by atoms with Gasteiger partial charge in [0.2, 0.25) is 0 Å². The number of rotatable bonds is 5. The van der Waals surface area contributed by atoms with E-state index in [4.69, 9.17) is 4.74 Å². The molecule has 1 N–H and O–H groups in total. The van der Waals surface area contributed by atoms with E-state index in [9.17, 15) is 9.59 Å². The second kappa shape index (κ2) is 7.40. The lowest BCUT2D eigenvalue weighted by atomic mass is 10.1. The summed E-state index contributed by atoms with van der Waals surface area (Å²) in [6.45, 7) is 2.31. The fourth-order valence-corrected chi connectivity index (χ4v) is 2.30. The molecular weight excluding hydrogens is 286 g/mol. The van der Waals surface area contributed by atoms with Crippen LogP contribution in [-0.2, 0) is 0 Å². The number of allylic oxidation sites excluding steroid dienone is 1. The van der Waals surface area contributed by atoms with E-state index in [0.717, 1.165) is 0 Å². The number of ether oxygens (including phenoxy) is 1. The molecule has 4 nitrogen and oxygen atoms in total. The van der Waals surface area contributed by atoms with Gasteiger partial charge in [-0.15, -0.1) is 11.3 Å². The van der Waals surface area contributed by atoms with Gasteiger partial charge in [0.1, 0.15) is 5.75 Å². The average molecular weight is 301 g/mol. The van der Waals surface area contributed by atoms with E-state index in [0.29, 0.717) is 22.7 Å². The molecule has 1 aromatic heterocycles. The van der Waals surface area contributed by atoms with Crippen molar-refractivity contribution in [2.45, 2.75) is 6.92 Å². The highest BCUT2D eigenvalue weighted by molar-refractivity contribution is 7.12. The zero-order valence-electron chi connectivity index (χ0n) is 11.5. The monoisotopic (exact) mass is 301 g/mol. The standard InChI is InChI=1S/C16H15NO3S/c1-2-17-16(19)20-14-7-4-3-6-12(14)9-10-13(18)15-8-5-11-21-15/h3-11H,2H2,1H3,(H,17,19)/b10-9+. The molecule has 1 heterocycles. The van der Waals surface area contributed by atoms with Crippen molar-refractivity contribution in [1.82, 2.24) is 5.32 Å². The summed E-state index contributed by atoms with van der Waals surface area (Å²) in [4.78, 5) is 24.1. The summed E-state index contributed by atoms with van der Waals surface area (Å²) >= 11 is 1.39. The molecule has 0 radical (unpaired) electrons. The third kappa shape index (κ3) is 4.29. The second-order valence-electron chi connectivity index (χ2n) is 4.13. The van der Waals surface area contributed by atoms with Gasteiger partial charge in [0.05, 0.1) is 4.88 Å². The summed E-state index contributed by atoms with van der Waals surface area (Å²) in [5.41, 5.74) is 0.675. The highest BCUT2D eigenvalue weighted by Gasteiger charge is 2.07. The molecule has 1 aromatic carbocycles. The Labute approximate surface area is 127 Å². The molecular formula is C16H15NO3S. The van der Waals surface area contributed by atoms with Gasteiger partial charge >= 0.3 is 6.09 Å². The molecule has 0 saturated carbocycles. The fraction of sp³-hybridized carbons (Fsp3) is 0.125. The van der Waals surface area contributed by atoms with Gasteiger partial charge in [0, 0.05) is 12.1 Å². The van der Waals surface area contributed by atoms with Crippen LogP contribution in [0.5, 0.6) is 5.75 Å². The van der Waals surface area contributed by atoms with E-state index in [2.05, 4.69) is 5.32 Å². The quantitative estimate of drug-likeness (QED) is 0.676. The molecule has 0 spiro atoms. The van der Waals surface area contributed by atoms with E-state index < -0.39 is 6.09 Å². The number of ketones is 1. The first-order chi connectivity index (χ1) is 10.2. The molecule has 2 rings (SSSR count). The topological polar surface area (TPSA) is 55.4 Å². The fourth-order valence-electron chi connectivity index (χ4n) is 1.66. The first kappa shape index (κ1) is 15.0. The van der Waals surface area contributed by atoms with E-state index in [1.807, 2.05) is 24.4 Å². The first-order valence-electron chi connectivity index (χ1n) is 6.51. The molecule has 0 aliphatic rings. The van der Waals surface area contributed by atoms with Crippen LogP contribution in [0.4, 0.5) is 4.79 Å². The van der Waals surface area contributed by atoms with Crippen LogP contribution in [0, 0.1) is 0 Å². The Kier molecular flexibility index (Phi) is 5.29. The van der Waals surface area contributed by atoms with Crippen LogP contribution in [0.2, 0.25) is 0 Å². The SMILES string of the molecule is CCNC(=O)Oc1ccccc1/C=C/C(=O)c1cccs1. The van der Waals surface area contributed by atoms with Crippen molar-refractivity contribution in [2.24, 2.45) is 0 Å². The molecule has 5 heteroatoms. The van der Waals surface area contributed by atoms with Gasteiger partial charge in [0.15, 0.2) is 5.78 Å². The summed E-state index contributed by atoms with van der Waals surface area (Å²) < 4.78 is 5.20. The molecule has 0 atom stereocenters. The van der Waals surface area contributed by atoms with Crippen molar-refractivity contribution in [1.29, 1.82) is 0 Å². The van der Waals surface area contributed by atoms with Crippen LogP contribution in [0.25, 0.3) is 6.08 Å². The highest BCUT2D eigenvalue weighted by atomic mass is 32.1. The first-order valence-corrected chi connectivity index (χ1v) is 7.39. The van der Waals surface area contributed by atoms with Crippen LogP contribution in [0.3, 0.4) is 0 Å². The number of thiophene rings is 1. The Bertz CT molecular complexity index is 647. The van der Waals surface area contributed by atoms with E-state index in [-0.39, 0.29) is 5.78 Å². The number of carbonyl (C=O) groups is 2. The minimum Gasteiger partial charge on any atom is -0.410 e. The number of amides is 1. The summed E-state index contributed by atoms with van der Waals surface area (Å²) in [6.07, 6.45) is 2.62. The van der Waals surface area contributed by atoms with Crippen molar-refractivity contribution in [3.8, 4) is 5.75 Å². The van der Waals surface area contributed by atoms with Gasteiger partial charge in [-0.1, -0.05) is 24.3 Å². The molecule has 2 aromatic rings. The van der Waals surface area contributed by atoms with Gasteiger partial charge in [0.25, 0.3) is 0 Å². The number of benzene rings is 1. The third-order valence-corrected chi connectivity index (χ3v) is 3.51. The number of nitrogens with one attached hydrogen (secondary N) is 1. The van der Waals surface area contributed by atoms with E-state index >= 15 is 0 Å². The van der Waals surface area contributed by atoms with Crippen LogP contribution >= 0.6 is 11.3 Å². The summed E-state index contributed by atoms with van der Waals surface area (Å²) in [7, 11) is 0. The van der Waals surface area contributed by atoms with Gasteiger partial charge < -0.3 is 10.1 Å². The molecule has 0 aliphatic carbocycles. The predicted molar refractivity (Wildman–Crippen MR) is 83.8 cm³/mol. The number of hydrogen-bond acceptors (Lipinski definition) is 4. The Morgan fingerprint density at radius 2 is 2.05 bits per heavy atom. The van der Waals surface area contributed by atoms with Crippen LogP contribution in [0.1, 0.15) is 22.2 Å². The van der Waals surface area contributed by atoms with Gasteiger partial charge in [-0.25, -0.2) is 4.79 Å². The van der Waals surface area contributed by atoms with Crippen LogP contribution in [-0.4, -0.2) is 18.4 Å². The largest absolute Gasteiger partial charge is 0.412 e. The minimum atomic E-state index is -0.511. The molecule has 0 aliphatic heterocycles. The van der Waals surface area contributed by atoms with Crippen molar-refractivity contribution in [3.05, 3.63) is 58.3 Å². The second-order valence-corrected chi connectivity index (χ2v) is 5.08. The average Bonchev–Trinajstić information content (AvgIpc) is 3.00. The molecule has 0 fully saturated rings. The number of hydrogen-bond donors (Lipinski definition) is 1. The molecule has 0 saturated heterocycles. The summed E-state index contributed by atoms with van der Waals surface area (Å²) in [6, 6.07) is 10.7. The van der Waals surface area contributed by atoms with E-state index in [1.54, 1.807) is 30.3 Å². The Hall–Kier alpha value is -2.40. The van der Waals surface area contributed by atoms with Gasteiger partial charge in [-0.3, -0.25) is 4.79 Å². The van der Waals surface area contributed by atoms with Crippen molar-refractivity contribution < 1.29 is 14.3 Å². The summed E-state index contributed by atoms with van der Waals surface area (Å²) in [5, 5.41) is 4.41.